The van der Waals surface area contributed by atoms with E-state index in [0.29, 0.717) is 0 Å². The number of hydrogen-bond donors (Lipinski definition) is 1. The maximum atomic E-state index is 12.0. The van der Waals surface area contributed by atoms with Gasteiger partial charge in [-0.3, -0.25) is 9.80 Å². The molecule has 1 aromatic rings. The molecular formula is C11H13F3N4O. The summed E-state index contributed by atoms with van der Waals surface area (Å²) in [6.07, 6.45) is -4.45. The molecular weight excluding hydrogens is 261 g/mol. The van der Waals surface area contributed by atoms with Gasteiger partial charge in [0.25, 0.3) is 5.91 Å². The number of carbonyl (C=O) groups is 1. The van der Waals surface area contributed by atoms with E-state index in [0.717, 1.165) is 0 Å². The van der Waals surface area contributed by atoms with Crippen molar-refractivity contribution in [2.24, 2.45) is 10.3 Å². The summed E-state index contributed by atoms with van der Waals surface area (Å²) in [5.74, 6) is -0.842. The molecule has 0 spiro atoms. The van der Waals surface area contributed by atoms with Crippen LogP contribution in [0.15, 0.2) is 34.6 Å². The van der Waals surface area contributed by atoms with Gasteiger partial charge in [0.2, 0.25) is 0 Å². The number of nitrogens with one attached hydrogen (secondary N) is 1. The number of halogens is 3. The summed E-state index contributed by atoms with van der Waals surface area (Å²) in [4.78, 5) is 11.6. The maximum Gasteiger partial charge on any atom is 0.405 e. The minimum atomic E-state index is -4.45. The monoisotopic (exact) mass is 274 g/mol. The molecule has 0 heterocycles. The smallest absolute Gasteiger partial charge is 0.343 e. The fourth-order valence-corrected chi connectivity index (χ4v) is 1.17. The van der Waals surface area contributed by atoms with Crippen LogP contribution >= 0.6 is 0 Å². The average molecular weight is 274 g/mol. The van der Waals surface area contributed by atoms with E-state index in [1.807, 2.05) is 0 Å². The quantitative estimate of drug-likeness (QED) is 0.677. The van der Waals surface area contributed by atoms with Crippen LogP contribution in [0.1, 0.15) is 10.4 Å². The van der Waals surface area contributed by atoms with Gasteiger partial charge in [0.15, 0.2) is 0 Å². The lowest BCUT2D eigenvalue weighted by Crippen LogP contribution is -2.33. The first-order chi connectivity index (χ1) is 8.79. The van der Waals surface area contributed by atoms with E-state index in [-0.39, 0.29) is 11.3 Å². The first-order valence-corrected chi connectivity index (χ1v) is 5.32. The first kappa shape index (κ1) is 14.9. The van der Waals surface area contributed by atoms with E-state index < -0.39 is 18.6 Å². The second-order valence-corrected chi connectivity index (χ2v) is 3.85. The van der Waals surface area contributed by atoms with Gasteiger partial charge in [-0.25, -0.2) is 0 Å². The zero-order chi connectivity index (χ0) is 14.5. The molecule has 0 radical (unpaired) electrons. The van der Waals surface area contributed by atoms with Gasteiger partial charge in [0, 0.05) is 14.1 Å². The van der Waals surface area contributed by atoms with Gasteiger partial charge < -0.3 is 5.32 Å². The standard InChI is InChI=1S/C11H13F3N4O/c1-18(2)17-16-9-6-4-3-5-8(9)10(19)15-7-11(12,13)14/h3-6H,7H2,1-2H3,(H,15,19). The Hall–Kier alpha value is -2.12. The Labute approximate surface area is 108 Å². The summed E-state index contributed by atoms with van der Waals surface area (Å²) in [6, 6.07) is 6.03. The summed E-state index contributed by atoms with van der Waals surface area (Å²) < 4.78 is 36.1. The van der Waals surface area contributed by atoms with Crippen molar-refractivity contribution in [3.05, 3.63) is 29.8 Å². The molecule has 104 valence electrons. The third kappa shape index (κ3) is 5.36. The Balaban J connectivity index is 2.85. The lowest BCUT2D eigenvalue weighted by molar-refractivity contribution is -0.123. The second-order valence-electron chi connectivity index (χ2n) is 3.85. The van der Waals surface area contributed by atoms with Crippen molar-refractivity contribution < 1.29 is 18.0 Å². The molecule has 0 saturated heterocycles. The largest absolute Gasteiger partial charge is 0.405 e. The van der Waals surface area contributed by atoms with Gasteiger partial charge in [0.05, 0.1) is 5.56 Å². The summed E-state index contributed by atoms with van der Waals surface area (Å²) in [5, 5.41) is 10.7. The van der Waals surface area contributed by atoms with E-state index in [2.05, 4.69) is 10.3 Å². The van der Waals surface area contributed by atoms with Crippen LogP contribution < -0.4 is 5.32 Å². The van der Waals surface area contributed by atoms with E-state index in [1.54, 1.807) is 25.5 Å². The lowest BCUT2D eigenvalue weighted by Gasteiger charge is -2.09. The summed E-state index contributed by atoms with van der Waals surface area (Å²) in [6.45, 7) is -1.38. The number of rotatable bonds is 4. The van der Waals surface area contributed by atoms with Crippen molar-refractivity contribution in [2.45, 2.75) is 6.18 Å². The molecule has 1 amide bonds. The molecule has 8 heteroatoms. The van der Waals surface area contributed by atoms with Crippen LogP contribution in [-0.2, 0) is 0 Å². The van der Waals surface area contributed by atoms with Gasteiger partial charge >= 0.3 is 6.18 Å². The van der Waals surface area contributed by atoms with Crippen LogP contribution in [0.5, 0.6) is 0 Å². The maximum absolute atomic E-state index is 12.0. The molecule has 19 heavy (non-hydrogen) atoms. The molecule has 0 aliphatic rings. The zero-order valence-electron chi connectivity index (χ0n) is 10.4. The Bertz CT molecular complexity index is 471. The van der Waals surface area contributed by atoms with E-state index >= 15 is 0 Å². The van der Waals surface area contributed by atoms with E-state index in [1.165, 1.54) is 23.2 Å². The molecule has 0 aliphatic heterocycles. The average Bonchev–Trinajstić information content (AvgIpc) is 2.33. The minimum absolute atomic E-state index is 0.0392. The lowest BCUT2D eigenvalue weighted by atomic mass is 10.1. The van der Waals surface area contributed by atoms with E-state index in [4.69, 9.17) is 0 Å². The van der Waals surface area contributed by atoms with Crippen molar-refractivity contribution in [1.82, 2.24) is 10.3 Å². The Morgan fingerprint density at radius 2 is 1.95 bits per heavy atom. The zero-order valence-corrected chi connectivity index (χ0v) is 10.4. The Morgan fingerprint density at radius 1 is 1.32 bits per heavy atom. The third-order valence-electron chi connectivity index (χ3n) is 1.93. The molecule has 1 aromatic carbocycles. The van der Waals surface area contributed by atoms with Crippen LogP contribution in [0.2, 0.25) is 0 Å². The van der Waals surface area contributed by atoms with Crippen molar-refractivity contribution in [2.75, 3.05) is 20.6 Å². The molecule has 1 N–H and O–H groups in total. The Kier molecular flexibility index (Phi) is 4.85. The first-order valence-electron chi connectivity index (χ1n) is 5.32. The third-order valence-corrected chi connectivity index (χ3v) is 1.93. The highest BCUT2D eigenvalue weighted by molar-refractivity contribution is 5.98. The van der Waals surface area contributed by atoms with Gasteiger partial charge in [-0.2, -0.15) is 13.2 Å². The predicted octanol–water partition coefficient (Wildman–Crippen LogP) is 2.54. The fraction of sp³-hybridized carbons (Fsp3) is 0.364. The Morgan fingerprint density at radius 3 is 2.53 bits per heavy atom. The molecule has 1 rings (SSSR count). The number of benzene rings is 1. The number of amides is 1. The summed E-state index contributed by atoms with van der Waals surface area (Å²) in [5.41, 5.74) is 0.244. The van der Waals surface area contributed by atoms with Crippen molar-refractivity contribution in [3.63, 3.8) is 0 Å². The van der Waals surface area contributed by atoms with Gasteiger partial charge in [-0.1, -0.05) is 17.4 Å². The highest BCUT2D eigenvalue weighted by Crippen LogP contribution is 2.20. The highest BCUT2D eigenvalue weighted by atomic mass is 19.4. The fourth-order valence-electron chi connectivity index (χ4n) is 1.17. The number of alkyl halides is 3. The van der Waals surface area contributed by atoms with Gasteiger partial charge in [-0.05, 0) is 12.1 Å². The van der Waals surface area contributed by atoms with E-state index in [9.17, 15) is 18.0 Å². The summed E-state index contributed by atoms with van der Waals surface area (Å²) >= 11 is 0. The molecule has 0 fully saturated rings. The number of carbonyl (C=O) groups excluding carboxylic acids is 1. The second kappa shape index (κ2) is 6.17. The SMILES string of the molecule is CN(C)N=Nc1ccccc1C(=O)NCC(F)(F)F. The van der Waals surface area contributed by atoms with Gasteiger partial charge in [0.1, 0.15) is 12.2 Å². The number of nitrogens with zero attached hydrogens (tertiary/aromatic N) is 3. The van der Waals surface area contributed by atoms with Crippen LogP contribution in [0, 0.1) is 0 Å². The van der Waals surface area contributed by atoms with Crippen molar-refractivity contribution in [3.8, 4) is 0 Å². The normalized spacial score (nSPS) is 11.6. The molecule has 5 nitrogen and oxygen atoms in total. The van der Waals surface area contributed by atoms with Crippen molar-refractivity contribution >= 4 is 11.6 Å². The highest BCUT2D eigenvalue weighted by Gasteiger charge is 2.28. The minimum Gasteiger partial charge on any atom is -0.343 e. The van der Waals surface area contributed by atoms with Crippen molar-refractivity contribution in [1.29, 1.82) is 0 Å². The van der Waals surface area contributed by atoms with Crippen LogP contribution in [0.3, 0.4) is 0 Å². The molecule has 0 aromatic heterocycles. The molecule has 0 saturated carbocycles. The van der Waals surface area contributed by atoms with Crippen LogP contribution in [0.4, 0.5) is 18.9 Å². The predicted molar refractivity (Wildman–Crippen MR) is 63.0 cm³/mol. The molecule has 0 aliphatic carbocycles. The van der Waals surface area contributed by atoms with Crippen LogP contribution in [0.25, 0.3) is 0 Å². The summed E-state index contributed by atoms with van der Waals surface area (Å²) in [7, 11) is 3.27. The van der Waals surface area contributed by atoms with Crippen LogP contribution in [-0.4, -0.2) is 37.7 Å². The topological polar surface area (TPSA) is 57.1 Å². The number of hydrogen-bond acceptors (Lipinski definition) is 3. The molecule has 0 atom stereocenters. The molecule has 0 unspecified atom stereocenters. The van der Waals surface area contributed by atoms with Gasteiger partial charge in [-0.15, -0.1) is 5.11 Å². The molecule has 0 bridgehead atoms.